The van der Waals surface area contributed by atoms with E-state index >= 15 is 0 Å². The van der Waals surface area contributed by atoms with Gasteiger partial charge in [-0.1, -0.05) is 46.3 Å². The van der Waals surface area contributed by atoms with Crippen LogP contribution < -0.4 is 10.9 Å². The van der Waals surface area contributed by atoms with Crippen molar-refractivity contribution in [1.82, 2.24) is 9.55 Å². The number of fused-ring (bicyclic) bond motifs is 1. The van der Waals surface area contributed by atoms with Gasteiger partial charge >= 0.3 is 0 Å². The fraction of sp³-hybridized carbons (Fsp3) is 0.0455. The monoisotopic (exact) mass is 481 g/mol. The number of rotatable bonds is 5. The van der Waals surface area contributed by atoms with Gasteiger partial charge < -0.3 is 9.67 Å². The Hall–Kier alpha value is -3.23. The number of allylic oxidation sites excluding steroid dienone is 1. The van der Waals surface area contributed by atoms with Gasteiger partial charge in [-0.25, -0.2) is 4.98 Å². The number of benzene rings is 2. The molecule has 2 aromatic heterocycles. The number of anilines is 1. The lowest BCUT2D eigenvalue weighted by Crippen LogP contribution is -2.29. The normalized spacial score (nSPS) is 10.8. The van der Waals surface area contributed by atoms with Gasteiger partial charge in [-0.2, -0.15) is 0 Å². The fourth-order valence-electron chi connectivity index (χ4n) is 3.15. The molecule has 4 aromatic rings. The summed E-state index contributed by atoms with van der Waals surface area (Å²) in [4.78, 5) is 30.3. The van der Waals surface area contributed by atoms with Crippen molar-refractivity contribution < 1.29 is 9.90 Å². The summed E-state index contributed by atoms with van der Waals surface area (Å²) < 4.78 is 2.36. The number of carbonyl (C=O) groups excluding carboxylic acids is 1. The van der Waals surface area contributed by atoms with E-state index in [2.05, 4.69) is 32.8 Å². The van der Waals surface area contributed by atoms with E-state index in [1.54, 1.807) is 30.3 Å². The molecule has 150 valence electrons. The molecule has 2 N–H and O–H groups in total. The number of carbonyl (C=O) groups is 1. The Balaban J connectivity index is 1.71. The number of pyridine rings is 1. The largest absolute Gasteiger partial charge is 0.506 e. The molecule has 0 aliphatic heterocycles. The zero-order valence-corrected chi connectivity index (χ0v) is 18.0. The Labute approximate surface area is 184 Å². The van der Waals surface area contributed by atoms with Crippen molar-refractivity contribution in [2.75, 3.05) is 5.32 Å². The molecule has 0 atom stereocenters. The summed E-state index contributed by atoms with van der Waals surface area (Å²) in [6, 6.07) is 14.5. The molecule has 0 spiro atoms. The Bertz CT molecular complexity index is 1330. The summed E-state index contributed by atoms with van der Waals surface area (Å²) in [5, 5.41) is 15.9. The van der Waals surface area contributed by atoms with Crippen LogP contribution in [-0.2, 0) is 6.54 Å². The maximum Gasteiger partial charge on any atom is 0.268 e. The quantitative estimate of drug-likeness (QED) is 0.391. The molecule has 8 heteroatoms. The highest BCUT2D eigenvalue weighted by Gasteiger charge is 2.22. The molecule has 1 amide bonds. The number of thiazole rings is 1. The third-order valence-electron chi connectivity index (χ3n) is 4.55. The van der Waals surface area contributed by atoms with E-state index < -0.39 is 11.5 Å². The Morgan fingerprint density at radius 2 is 1.97 bits per heavy atom. The maximum absolute atomic E-state index is 13.0. The van der Waals surface area contributed by atoms with E-state index in [1.165, 1.54) is 15.9 Å². The first-order valence-electron chi connectivity index (χ1n) is 8.98. The van der Waals surface area contributed by atoms with Gasteiger partial charge in [-0.15, -0.1) is 17.9 Å². The standard InChI is InChI=1S/C22H16BrN3O3S/c1-2-11-26-17-6-4-3-5-15(17)19(27)18(21(26)29)20(28)25-22-24-16(12-30-22)13-7-9-14(23)10-8-13/h2-10,12,27H,1,11H2,(H,24,25,28). The van der Waals surface area contributed by atoms with Crippen molar-refractivity contribution in [3.05, 3.63) is 87.0 Å². The molecule has 0 bridgehead atoms. The van der Waals surface area contributed by atoms with E-state index in [9.17, 15) is 14.7 Å². The maximum atomic E-state index is 13.0. The summed E-state index contributed by atoms with van der Waals surface area (Å²) in [6.07, 6.45) is 1.57. The van der Waals surface area contributed by atoms with Crippen LogP contribution in [0.4, 0.5) is 5.13 Å². The van der Waals surface area contributed by atoms with Crippen LogP contribution >= 0.6 is 27.3 Å². The lowest BCUT2D eigenvalue weighted by Gasteiger charge is -2.13. The Kier molecular flexibility index (Phi) is 5.52. The van der Waals surface area contributed by atoms with Crippen molar-refractivity contribution in [2.45, 2.75) is 6.54 Å². The molecule has 0 unspecified atom stereocenters. The summed E-state index contributed by atoms with van der Waals surface area (Å²) in [5.41, 5.74) is 1.22. The highest BCUT2D eigenvalue weighted by atomic mass is 79.9. The molecule has 0 radical (unpaired) electrons. The fourth-order valence-corrected chi connectivity index (χ4v) is 4.13. The topological polar surface area (TPSA) is 84.2 Å². The third kappa shape index (κ3) is 3.67. The van der Waals surface area contributed by atoms with E-state index in [-0.39, 0.29) is 17.9 Å². The predicted molar refractivity (Wildman–Crippen MR) is 123 cm³/mol. The molecule has 4 rings (SSSR count). The summed E-state index contributed by atoms with van der Waals surface area (Å²) in [7, 11) is 0. The number of aromatic hydroxyl groups is 1. The smallest absolute Gasteiger partial charge is 0.268 e. The van der Waals surface area contributed by atoms with Crippen LogP contribution in [0.25, 0.3) is 22.2 Å². The minimum atomic E-state index is -0.710. The van der Waals surface area contributed by atoms with Gasteiger partial charge in [0.15, 0.2) is 5.13 Å². The van der Waals surface area contributed by atoms with E-state index in [0.717, 1.165) is 10.0 Å². The Morgan fingerprint density at radius 1 is 1.23 bits per heavy atom. The van der Waals surface area contributed by atoms with Crippen molar-refractivity contribution >= 4 is 49.2 Å². The molecule has 2 heterocycles. The molecule has 0 aliphatic carbocycles. The molecule has 0 saturated heterocycles. The Morgan fingerprint density at radius 3 is 2.70 bits per heavy atom. The minimum absolute atomic E-state index is 0.213. The SMILES string of the molecule is C=CCn1c(=O)c(C(=O)Nc2nc(-c3ccc(Br)cc3)cs2)c(O)c2ccccc21. The lowest BCUT2D eigenvalue weighted by molar-refractivity contribution is 0.102. The van der Waals surface area contributed by atoms with Crippen LogP contribution in [0.1, 0.15) is 10.4 Å². The molecule has 2 aromatic carbocycles. The van der Waals surface area contributed by atoms with Crippen molar-refractivity contribution in [3.8, 4) is 17.0 Å². The second-order valence-electron chi connectivity index (χ2n) is 6.44. The first kappa shape index (κ1) is 20.1. The molecule has 0 fully saturated rings. The zero-order chi connectivity index (χ0) is 21.3. The molecule has 0 aliphatic rings. The highest BCUT2D eigenvalue weighted by molar-refractivity contribution is 9.10. The van der Waals surface area contributed by atoms with Gasteiger partial charge in [-0.3, -0.25) is 14.9 Å². The molecule has 6 nitrogen and oxygen atoms in total. The van der Waals surface area contributed by atoms with Crippen LogP contribution in [0.3, 0.4) is 0 Å². The number of amides is 1. The van der Waals surface area contributed by atoms with Gasteiger partial charge in [0, 0.05) is 27.3 Å². The minimum Gasteiger partial charge on any atom is -0.506 e. The van der Waals surface area contributed by atoms with Crippen LogP contribution in [0, 0.1) is 0 Å². The average molecular weight is 482 g/mol. The summed E-state index contributed by atoms with van der Waals surface area (Å²) in [6.45, 7) is 3.88. The molecule has 30 heavy (non-hydrogen) atoms. The number of nitrogens with one attached hydrogen (secondary N) is 1. The predicted octanol–water partition coefficient (Wildman–Crippen LogP) is 5.03. The number of hydrogen-bond acceptors (Lipinski definition) is 5. The number of para-hydroxylation sites is 1. The first-order valence-corrected chi connectivity index (χ1v) is 10.6. The van der Waals surface area contributed by atoms with Gasteiger partial charge in [0.05, 0.1) is 11.2 Å². The highest BCUT2D eigenvalue weighted by Crippen LogP contribution is 2.29. The first-order chi connectivity index (χ1) is 14.5. The number of halogens is 1. The van der Waals surface area contributed by atoms with Crippen LogP contribution in [0.5, 0.6) is 5.75 Å². The lowest BCUT2D eigenvalue weighted by atomic mass is 10.1. The van der Waals surface area contributed by atoms with Gasteiger partial charge in [-0.05, 0) is 24.3 Å². The summed E-state index contributed by atoms with van der Waals surface area (Å²) >= 11 is 4.63. The van der Waals surface area contributed by atoms with Gasteiger partial charge in [0.1, 0.15) is 11.3 Å². The van der Waals surface area contributed by atoms with Crippen molar-refractivity contribution in [1.29, 1.82) is 0 Å². The van der Waals surface area contributed by atoms with Crippen molar-refractivity contribution in [3.63, 3.8) is 0 Å². The van der Waals surface area contributed by atoms with Crippen LogP contribution in [-0.4, -0.2) is 20.6 Å². The molecule has 0 saturated carbocycles. The van der Waals surface area contributed by atoms with Crippen LogP contribution in [0.15, 0.2) is 75.8 Å². The van der Waals surface area contributed by atoms with Crippen molar-refractivity contribution in [2.24, 2.45) is 0 Å². The van der Waals surface area contributed by atoms with Gasteiger partial charge in [0.2, 0.25) is 0 Å². The second kappa shape index (κ2) is 8.25. The van der Waals surface area contributed by atoms with E-state index in [1.807, 2.05) is 29.6 Å². The second-order valence-corrected chi connectivity index (χ2v) is 8.22. The number of nitrogens with zero attached hydrogens (tertiary/aromatic N) is 2. The van der Waals surface area contributed by atoms with E-state index in [4.69, 9.17) is 0 Å². The zero-order valence-electron chi connectivity index (χ0n) is 15.6. The number of aromatic nitrogens is 2. The van der Waals surface area contributed by atoms with E-state index in [0.29, 0.717) is 21.7 Å². The third-order valence-corrected chi connectivity index (χ3v) is 5.84. The molecular formula is C22H16BrN3O3S. The molecular weight excluding hydrogens is 466 g/mol. The van der Waals surface area contributed by atoms with Crippen LogP contribution in [0.2, 0.25) is 0 Å². The average Bonchev–Trinajstić information content (AvgIpc) is 3.20. The number of hydrogen-bond donors (Lipinski definition) is 2. The summed E-state index contributed by atoms with van der Waals surface area (Å²) in [5.74, 6) is -1.06. The van der Waals surface area contributed by atoms with Gasteiger partial charge in [0.25, 0.3) is 11.5 Å².